The molecule has 2 saturated heterocycles. The Bertz CT molecular complexity index is 938. The molecule has 0 spiro atoms. The maximum Gasteiger partial charge on any atom is 0.338 e. The van der Waals surface area contributed by atoms with E-state index in [2.05, 4.69) is 13.8 Å². The minimum Gasteiger partial charge on any atom is -0.484 e. The fourth-order valence-corrected chi connectivity index (χ4v) is 5.78. The van der Waals surface area contributed by atoms with Gasteiger partial charge in [0.25, 0.3) is 11.8 Å². The number of esters is 1. The minimum absolute atomic E-state index is 0.0445. The van der Waals surface area contributed by atoms with Crippen molar-refractivity contribution in [2.75, 3.05) is 13.2 Å². The summed E-state index contributed by atoms with van der Waals surface area (Å²) in [5.74, 6) is -0.409. The van der Waals surface area contributed by atoms with Crippen LogP contribution < -0.4 is 4.74 Å². The first-order valence-electron chi connectivity index (χ1n) is 12.4. The van der Waals surface area contributed by atoms with Gasteiger partial charge in [-0.2, -0.15) is 0 Å². The van der Waals surface area contributed by atoms with Gasteiger partial charge in [0.15, 0.2) is 13.2 Å². The summed E-state index contributed by atoms with van der Waals surface area (Å²) in [6, 6.07) is 6.72. The number of amides is 2. The van der Waals surface area contributed by atoms with Crippen LogP contribution in [0.3, 0.4) is 0 Å². The third-order valence-corrected chi connectivity index (χ3v) is 6.98. The summed E-state index contributed by atoms with van der Waals surface area (Å²) in [5.41, 5.74) is -1.02. The van der Waals surface area contributed by atoms with Crippen LogP contribution in [0.25, 0.3) is 0 Å². The second-order valence-corrected chi connectivity index (χ2v) is 11.1. The van der Waals surface area contributed by atoms with Gasteiger partial charge in [0, 0.05) is 36.0 Å². The monoisotopic (exact) mass is 486 g/mol. The number of Topliss-reactive ketones (excluding diaryl/α,β-unsaturated/α-hetero) is 1. The molecule has 2 aliphatic rings. The number of ketones is 1. The number of likely N-dealkylation sites (tertiary alicyclic amines) is 2. The maximum atomic E-state index is 12.9. The highest BCUT2D eigenvalue weighted by atomic mass is 16.5. The number of carbonyl (C=O) groups is 4. The van der Waals surface area contributed by atoms with E-state index >= 15 is 0 Å². The van der Waals surface area contributed by atoms with Gasteiger partial charge in [0.05, 0.1) is 5.56 Å². The lowest BCUT2D eigenvalue weighted by Crippen LogP contribution is -2.63. The van der Waals surface area contributed by atoms with E-state index in [1.54, 1.807) is 29.2 Å². The van der Waals surface area contributed by atoms with Gasteiger partial charge in [-0.05, 0) is 85.1 Å². The molecule has 3 rings (SSSR count). The van der Waals surface area contributed by atoms with Crippen molar-refractivity contribution in [1.82, 2.24) is 9.80 Å². The first-order valence-corrected chi connectivity index (χ1v) is 12.4. The Labute approximate surface area is 207 Å². The van der Waals surface area contributed by atoms with Gasteiger partial charge in [0.2, 0.25) is 0 Å². The van der Waals surface area contributed by atoms with Crippen LogP contribution in [0, 0.1) is 0 Å². The number of piperidine rings is 2. The van der Waals surface area contributed by atoms with Crippen LogP contribution in [0.1, 0.15) is 84.0 Å². The smallest absolute Gasteiger partial charge is 0.338 e. The summed E-state index contributed by atoms with van der Waals surface area (Å²) in [7, 11) is 0. The highest BCUT2D eigenvalue weighted by Gasteiger charge is 2.47. The summed E-state index contributed by atoms with van der Waals surface area (Å²) < 4.78 is 10.9. The van der Waals surface area contributed by atoms with Crippen LogP contribution in [-0.4, -0.2) is 69.7 Å². The molecule has 192 valence electrons. The highest BCUT2D eigenvalue weighted by molar-refractivity contribution is 5.92. The molecule has 1 aromatic carbocycles. The molecule has 8 nitrogen and oxygen atoms in total. The average molecular weight is 487 g/mol. The molecule has 35 heavy (non-hydrogen) atoms. The van der Waals surface area contributed by atoms with E-state index in [4.69, 9.17) is 9.47 Å². The maximum absolute atomic E-state index is 12.9. The molecule has 0 radical (unpaired) electrons. The number of benzene rings is 1. The molecule has 8 heteroatoms. The van der Waals surface area contributed by atoms with Gasteiger partial charge in [0.1, 0.15) is 11.5 Å². The molecule has 2 heterocycles. The average Bonchev–Trinajstić information content (AvgIpc) is 2.74. The number of ether oxygens (including phenoxy) is 2. The lowest BCUT2D eigenvalue weighted by atomic mass is 9.79. The van der Waals surface area contributed by atoms with Crippen molar-refractivity contribution in [1.29, 1.82) is 0 Å². The molecule has 2 atom stereocenters. The fourth-order valence-electron chi connectivity index (χ4n) is 5.78. The Morgan fingerprint density at radius 3 is 1.97 bits per heavy atom. The van der Waals surface area contributed by atoms with Crippen LogP contribution in [0.15, 0.2) is 24.3 Å². The topological polar surface area (TPSA) is 93.2 Å². The SMILES string of the molecule is C[C@@H]1CCC[C@H](C)N1C(=O)COc1ccc(C(=O)OCC(=O)N2C(C)(C)CC(=O)CC2(C)C)cc1. The number of hydrogen-bond acceptors (Lipinski definition) is 6. The first-order chi connectivity index (χ1) is 16.3. The third kappa shape index (κ3) is 6.21. The lowest BCUT2D eigenvalue weighted by molar-refractivity contribution is -0.156. The van der Waals surface area contributed by atoms with Crippen molar-refractivity contribution in [2.24, 2.45) is 0 Å². The molecule has 0 bridgehead atoms. The Morgan fingerprint density at radius 1 is 0.886 bits per heavy atom. The van der Waals surface area contributed by atoms with Crippen molar-refractivity contribution < 1.29 is 28.7 Å². The molecule has 0 unspecified atom stereocenters. The molecular weight excluding hydrogens is 448 g/mol. The zero-order valence-corrected chi connectivity index (χ0v) is 21.8. The summed E-state index contributed by atoms with van der Waals surface area (Å²) in [6.45, 7) is 11.1. The quantitative estimate of drug-likeness (QED) is 0.569. The van der Waals surface area contributed by atoms with Gasteiger partial charge in [-0.15, -0.1) is 0 Å². The summed E-state index contributed by atoms with van der Waals surface area (Å²) >= 11 is 0. The molecule has 2 amide bonds. The van der Waals surface area contributed by atoms with Crippen molar-refractivity contribution in [2.45, 2.75) is 96.8 Å². The van der Waals surface area contributed by atoms with Crippen molar-refractivity contribution in [3.05, 3.63) is 29.8 Å². The fraction of sp³-hybridized carbons (Fsp3) is 0.630. The Morgan fingerprint density at radius 2 is 1.43 bits per heavy atom. The molecule has 0 aliphatic carbocycles. The standard InChI is InChI=1S/C27H38N2O6/c1-18-8-7-9-19(2)28(18)23(31)16-34-22-12-10-20(11-13-22)25(33)35-17-24(32)29-26(3,4)14-21(30)15-27(29,5)6/h10-13,18-19H,7-9,14-17H2,1-6H3/t18-,19+. The number of nitrogens with zero attached hydrogens (tertiary/aromatic N) is 2. The van der Waals surface area contributed by atoms with Gasteiger partial charge in [-0.3, -0.25) is 14.4 Å². The Balaban J connectivity index is 1.53. The van der Waals surface area contributed by atoms with Crippen LogP contribution >= 0.6 is 0 Å². The van der Waals surface area contributed by atoms with Crippen molar-refractivity contribution >= 4 is 23.6 Å². The van der Waals surface area contributed by atoms with E-state index in [1.807, 2.05) is 32.6 Å². The second kappa shape index (κ2) is 10.4. The van der Waals surface area contributed by atoms with Crippen LogP contribution in [0.2, 0.25) is 0 Å². The zero-order valence-electron chi connectivity index (χ0n) is 21.8. The second-order valence-electron chi connectivity index (χ2n) is 11.1. The number of carbonyl (C=O) groups excluding carboxylic acids is 4. The van der Waals surface area contributed by atoms with Crippen molar-refractivity contribution in [3.8, 4) is 5.75 Å². The van der Waals surface area contributed by atoms with E-state index in [0.717, 1.165) is 19.3 Å². The summed E-state index contributed by atoms with van der Waals surface area (Å²) in [4.78, 5) is 53.7. The normalized spacial score (nSPS) is 23.5. The van der Waals surface area contributed by atoms with E-state index in [9.17, 15) is 19.2 Å². The van der Waals surface area contributed by atoms with Crippen LogP contribution in [0.4, 0.5) is 0 Å². The van der Waals surface area contributed by atoms with Crippen molar-refractivity contribution in [3.63, 3.8) is 0 Å². The lowest BCUT2D eigenvalue weighted by Gasteiger charge is -2.51. The molecular formula is C27H38N2O6. The Hall–Kier alpha value is -2.90. The molecule has 0 aromatic heterocycles. The zero-order chi connectivity index (χ0) is 26.0. The van der Waals surface area contributed by atoms with E-state index in [-0.39, 0.29) is 54.7 Å². The van der Waals surface area contributed by atoms with E-state index in [1.165, 1.54) is 0 Å². The molecule has 1 aromatic rings. The predicted octanol–water partition coefficient (Wildman–Crippen LogP) is 3.76. The minimum atomic E-state index is -0.650. The van der Waals surface area contributed by atoms with Gasteiger partial charge < -0.3 is 19.3 Å². The van der Waals surface area contributed by atoms with Gasteiger partial charge in [-0.25, -0.2) is 4.79 Å². The predicted molar refractivity (Wildman–Crippen MR) is 131 cm³/mol. The van der Waals surface area contributed by atoms with E-state index in [0.29, 0.717) is 5.75 Å². The molecule has 0 saturated carbocycles. The number of rotatable bonds is 6. The third-order valence-electron chi connectivity index (χ3n) is 6.98. The summed E-state index contributed by atoms with van der Waals surface area (Å²) in [6.07, 6.45) is 3.68. The summed E-state index contributed by atoms with van der Waals surface area (Å²) in [5, 5.41) is 0. The Kier molecular flexibility index (Phi) is 7.92. The van der Waals surface area contributed by atoms with Gasteiger partial charge >= 0.3 is 5.97 Å². The molecule has 0 N–H and O–H groups in total. The van der Waals surface area contributed by atoms with Gasteiger partial charge in [-0.1, -0.05) is 0 Å². The first kappa shape index (κ1) is 26.7. The number of hydrogen-bond donors (Lipinski definition) is 0. The largest absolute Gasteiger partial charge is 0.484 e. The van der Waals surface area contributed by atoms with Crippen LogP contribution in [0.5, 0.6) is 5.75 Å². The molecule has 2 aliphatic heterocycles. The highest BCUT2D eigenvalue weighted by Crippen LogP contribution is 2.36. The van der Waals surface area contributed by atoms with Crippen LogP contribution in [-0.2, 0) is 19.1 Å². The molecule has 2 fully saturated rings. The van der Waals surface area contributed by atoms with E-state index < -0.39 is 23.7 Å².